The van der Waals surface area contributed by atoms with Crippen molar-refractivity contribution in [1.29, 1.82) is 0 Å². The molecule has 1 aliphatic carbocycles. The van der Waals surface area contributed by atoms with Gasteiger partial charge in [0.15, 0.2) is 6.04 Å². The molecule has 1 unspecified atom stereocenters. The van der Waals surface area contributed by atoms with Gasteiger partial charge in [-0.25, -0.2) is 4.79 Å². The fourth-order valence-electron chi connectivity index (χ4n) is 2.74. The lowest BCUT2D eigenvalue weighted by molar-refractivity contribution is -0.145. The van der Waals surface area contributed by atoms with Gasteiger partial charge in [0.05, 0.1) is 7.11 Å². The molecule has 108 valence electrons. The molecule has 1 saturated carbocycles. The second-order valence-corrected chi connectivity index (χ2v) is 5.29. The molecule has 4 nitrogen and oxygen atoms in total. The highest BCUT2D eigenvalue weighted by Crippen LogP contribution is 2.27. The Kier molecular flexibility index (Phi) is 5.16. The molecule has 1 aromatic rings. The van der Waals surface area contributed by atoms with Crippen molar-refractivity contribution < 1.29 is 14.3 Å². The third-order valence-corrected chi connectivity index (χ3v) is 3.82. The highest BCUT2D eigenvalue weighted by Gasteiger charge is 2.25. The zero-order valence-corrected chi connectivity index (χ0v) is 11.8. The summed E-state index contributed by atoms with van der Waals surface area (Å²) in [7, 11) is 1.33. The summed E-state index contributed by atoms with van der Waals surface area (Å²) in [5.74, 6) is -0.0452. The molecular weight excluding hydrogens is 254 g/mol. The molecule has 1 aromatic carbocycles. The molecule has 0 radical (unpaired) electrons. The Morgan fingerprint density at radius 1 is 1.25 bits per heavy atom. The minimum Gasteiger partial charge on any atom is -0.467 e. The second kappa shape index (κ2) is 7.08. The molecular formula is C16H21NO3. The topological polar surface area (TPSA) is 55.4 Å². The first kappa shape index (κ1) is 14.6. The largest absolute Gasteiger partial charge is 0.467 e. The Morgan fingerprint density at radius 2 is 1.90 bits per heavy atom. The van der Waals surface area contributed by atoms with Gasteiger partial charge in [0, 0.05) is 6.42 Å². The Morgan fingerprint density at radius 3 is 2.50 bits per heavy atom. The van der Waals surface area contributed by atoms with Crippen LogP contribution in [-0.2, 0) is 14.3 Å². The van der Waals surface area contributed by atoms with E-state index in [0.29, 0.717) is 12.3 Å². The summed E-state index contributed by atoms with van der Waals surface area (Å²) >= 11 is 0. The summed E-state index contributed by atoms with van der Waals surface area (Å²) < 4.78 is 4.78. The van der Waals surface area contributed by atoms with Crippen molar-refractivity contribution in [3.63, 3.8) is 0 Å². The molecule has 0 spiro atoms. The zero-order chi connectivity index (χ0) is 14.4. The number of methoxy groups -OCH3 is 1. The van der Waals surface area contributed by atoms with Gasteiger partial charge in [0.1, 0.15) is 0 Å². The third kappa shape index (κ3) is 3.83. The predicted molar refractivity (Wildman–Crippen MR) is 75.9 cm³/mol. The van der Waals surface area contributed by atoms with E-state index in [2.05, 4.69) is 5.32 Å². The zero-order valence-electron chi connectivity index (χ0n) is 11.8. The van der Waals surface area contributed by atoms with Crippen molar-refractivity contribution in [2.75, 3.05) is 7.11 Å². The first-order valence-corrected chi connectivity index (χ1v) is 7.13. The number of carbonyl (C=O) groups excluding carboxylic acids is 2. The number of nitrogens with one attached hydrogen (secondary N) is 1. The Balaban J connectivity index is 2.00. The summed E-state index contributed by atoms with van der Waals surface area (Å²) in [6.07, 6.45) is 5.14. The lowest BCUT2D eigenvalue weighted by Crippen LogP contribution is -2.35. The quantitative estimate of drug-likeness (QED) is 0.840. The monoisotopic (exact) mass is 275 g/mol. The van der Waals surface area contributed by atoms with Crippen LogP contribution in [0.4, 0.5) is 0 Å². The second-order valence-electron chi connectivity index (χ2n) is 5.29. The molecule has 0 heterocycles. The van der Waals surface area contributed by atoms with E-state index in [-0.39, 0.29) is 5.91 Å². The molecule has 1 amide bonds. The minimum atomic E-state index is -0.713. The van der Waals surface area contributed by atoms with E-state index in [0.717, 1.165) is 18.4 Å². The first-order chi connectivity index (χ1) is 9.70. The van der Waals surface area contributed by atoms with Crippen LogP contribution in [0.1, 0.15) is 43.7 Å². The van der Waals surface area contributed by atoms with Crippen molar-refractivity contribution in [3.05, 3.63) is 35.9 Å². The van der Waals surface area contributed by atoms with Gasteiger partial charge in [0.2, 0.25) is 5.91 Å². The summed E-state index contributed by atoms with van der Waals surface area (Å²) in [5.41, 5.74) is 0.749. The van der Waals surface area contributed by atoms with Gasteiger partial charge >= 0.3 is 5.97 Å². The van der Waals surface area contributed by atoms with E-state index in [1.165, 1.54) is 20.0 Å². The van der Waals surface area contributed by atoms with Crippen molar-refractivity contribution in [2.24, 2.45) is 5.92 Å². The Labute approximate surface area is 119 Å². The molecule has 2 rings (SSSR count). The van der Waals surface area contributed by atoms with Crippen molar-refractivity contribution in [3.8, 4) is 0 Å². The summed E-state index contributed by atoms with van der Waals surface area (Å²) in [6.45, 7) is 0. The Bertz CT molecular complexity index is 452. The number of hydrogen-bond acceptors (Lipinski definition) is 3. The predicted octanol–water partition coefficient (Wildman–Crippen LogP) is 2.60. The highest BCUT2D eigenvalue weighted by molar-refractivity contribution is 5.85. The molecule has 20 heavy (non-hydrogen) atoms. The van der Waals surface area contributed by atoms with Gasteiger partial charge in [-0.05, 0) is 24.3 Å². The molecule has 1 fully saturated rings. The van der Waals surface area contributed by atoms with Crippen LogP contribution in [-0.4, -0.2) is 19.0 Å². The van der Waals surface area contributed by atoms with Crippen LogP contribution < -0.4 is 5.32 Å². The Hall–Kier alpha value is -1.84. The molecule has 0 bridgehead atoms. The van der Waals surface area contributed by atoms with Crippen molar-refractivity contribution in [1.82, 2.24) is 5.32 Å². The summed E-state index contributed by atoms with van der Waals surface area (Å²) in [4.78, 5) is 23.9. The van der Waals surface area contributed by atoms with Gasteiger partial charge in [0.25, 0.3) is 0 Å². The molecule has 1 N–H and O–H groups in total. The number of hydrogen-bond donors (Lipinski definition) is 1. The van der Waals surface area contributed by atoms with E-state index in [4.69, 9.17) is 4.74 Å². The molecule has 0 saturated heterocycles. The minimum absolute atomic E-state index is 0.0730. The number of ether oxygens (including phenoxy) is 1. The average molecular weight is 275 g/mol. The van der Waals surface area contributed by atoms with Gasteiger partial charge in [-0.3, -0.25) is 4.79 Å². The maximum Gasteiger partial charge on any atom is 0.333 e. The molecule has 0 aromatic heterocycles. The van der Waals surface area contributed by atoms with E-state index in [1.54, 1.807) is 0 Å². The number of esters is 1. The average Bonchev–Trinajstić information content (AvgIpc) is 2.97. The fraction of sp³-hybridized carbons (Fsp3) is 0.500. The van der Waals surface area contributed by atoms with Crippen LogP contribution in [0, 0.1) is 5.92 Å². The molecule has 0 aliphatic heterocycles. The number of rotatable bonds is 5. The maximum atomic E-state index is 12.1. The lowest BCUT2D eigenvalue weighted by Gasteiger charge is -2.18. The van der Waals surface area contributed by atoms with Crippen LogP contribution >= 0.6 is 0 Å². The number of carbonyl (C=O) groups is 2. The molecule has 1 aliphatic rings. The first-order valence-electron chi connectivity index (χ1n) is 7.13. The number of benzene rings is 1. The molecule has 4 heteroatoms. The van der Waals surface area contributed by atoms with Crippen molar-refractivity contribution in [2.45, 2.75) is 38.1 Å². The standard InChI is InChI=1S/C16H21NO3/c1-20-16(19)15(13-9-3-2-4-10-13)17-14(18)11-12-7-5-6-8-12/h2-4,9-10,12,15H,5-8,11H2,1H3,(H,17,18). The van der Waals surface area contributed by atoms with Crippen LogP contribution in [0.3, 0.4) is 0 Å². The van der Waals surface area contributed by atoms with Gasteiger partial charge in [-0.1, -0.05) is 43.2 Å². The summed E-state index contributed by atoms with van der Waals surface area (Å²) in [6, 6.07) is 8.48. The fourth-order valence-corrected chi connectivity index (χ4v) is 2.74. The van der Waals surface area contributed by atoms with Crippen LogP contribution in [0.15, 0.2) is 30.3 Å². The van der Waals surface area contributed by atoms with E-state index >= 15 is 0 Å². The van der Waals surface area contributed by atoms with E-state index < -0.39 is 12.0 Å². The summed E-state index contributed by atoms with van der Waals surface area (Å²) in [5, 5.41) is 2.80. The normalized spacial score (nSPS) is 16.6. The third-order valence-electron chi connectivity index (χ3n) is 3.82. The maximum absolute atomic E-state index is 12.1. The smallest absolute Gasteiger partial charge is 0.333 e. The van der Waals surface area contributed by atoms with E-state index in [9.17, 15) is 9.59 Å². The van der Waals surface area contributed by atoms with Gasteiger partial charge < -0.3 is 10.1 Å². The molecule has 1 atom stereocenters. The van der Waals surface area contributed by atoms with Crippen LogP contribution in [0.5, 0.6) is 0 Å². The highest BCUT2D eigenvalue weighted by atomic mass is 16.5. The van der Waals surface area contributed by atoms with Crippen LogP contribution in [0.25, 0.3) is 0 Å². The number of amides is 1. The lowest BCUT2D eigenvalue weighted by atomic mass is 10.0. The van der Waals surface area contributed by atoms with E-state index in [1.807, 2.05) is 30.3 Å². The van der Waals surface area contributed by atoms with Crippen LogP contribution in [0.2, 0.25) is 0 Å². The van der Waals surface area contributed by atoms with Crippen molar-refractivity contribution >= 4 is 11.9 Å². The van der Waals surface area contributed by atoms with Gasteiger partial charge in [-0.15, -0.1) is 0 Å². The van der Waals surface area contributed by atoms with Gasteiger partial charge in [-0.2, -0.15) is 0 Å². The SMILES string of the molecule is COC(=O)C(NC(=O)CC1CCCC1)c1ccccc1.